The molecule has 0 amide bonds. The van der Waals surface area contributed by atoms with Gasteiger partial charge < -0.3 is 10.1 Å². The molecule has 2 aromatic rings. The molecule has 1 aromatic heterocycles. The minimum Gasteiger partial charge on any atom is -0.481 e. The van der Waals surface area contributed by atoms with Crippen LogP contribution in [-0.4, -0.2) is 18.1 Å². The molecule has 1 aromatic carbocycles. The smallest absolute Gasteiger partial charge is 0.213 e. The Morgan fingerprint density at radius 2 is 2.00 bits per heavy atom. The fourth-order valence-electron chi connectivity index (χ4n) is 2.73. The first-order valence-corrected chi connectivity index (χ1v) is 7.22. The largest absolute Gasteiger partial charge is 0.481 e. The zero-order valence-corrected chi connectivity index (χ0v) is 12.1. The summed E-state index contributed by atoms with van der Waals surface area (Å²) < 4.78 is 18.0. The second kappa shape index (κ2) is 6.22. The maximum Gasteiger partial charge on any atom is 0.213 e. The van der Waals surface area contributed by atoms with E-state index in [4.69, 9.17) is 4.74 Å². The molecule has 0 aliphatic heterocycles. The average Bonchev–Trinajstić information content (AvgIpc) is 2.47. The number of rotatable bonds is 5. The van der Waals surface area contributed by atoms with Crippen molar-refractivity contribution in [1.29, 1.82) is 0 Å². The van der Waals surface area contributed by atoms with Crippen LogP contribution < -0.4 is 10.1 Å². The summed E-state index contributed by atoms with van der Waals surface area (Å²) >= 11 is 0. The van der Waals surface area contributed by atoms with Crippen molar-refractivity contribution < 1.29 is 9.13 Å². The number of nitrogens with zero attached hydrogens (tertiary/aromatic N) is 1. The van der Waals surface area contributed by atoms with Gasteiger partial charge in [0.15, 0.2) is 0 Å². The highest BCUT2D eigenvalue weighted by atomic mass is 19.1. The number of aromatic nitrogens is 1. The second-order valence-electron chi connectivity index (χ2n) is 5.50. The van der Waals surface area contributed by atoms with Crippen molar-refractivity contribution in [3.05, 3.63) is 59.5 Å². The minimum atomic E-state index is -0.167. The number of methoxy groups -OCH3 is 1. The monoisotopic (exact) mass is 286 g/mol. The van der Waals surface area contributed by atoms with E-state index >= 15 is 0 Å². The van der Waals surface area contributed by atoms with Gasteiger partial charge in [-0.15, -0.1) is 0 Å². The number of benzene rings is 1. The third kappa shape index (κ3) is 3.39. The number of nitrogens with one attached hydrogen (secondary N) is 1. The molecule has 1 aliphatic rings. The first-order valence-electron chi connectivity index (χ1n) is 7.22. The Balaban J connectivity index is 1.47. The van der Waals surface area contributed by atoms with Gasteiger partial charge in [0.2, 0.25) is 5.88 Å². The molecule has 0 atom stereocenters. The van der Waals surface area contributed by atoms with E-state index in [1.54, 1.807) is 25.4 Å². The van der Waals surface area contributed by atoms with Gasteiger partial charge in [-0.3, -0.25) is 0 Å². The number of halogens is 1. The van der Waals surface area contributed by atoms with Gasteiger partial charge in [-0.05, 0) is 48.1 Å². The summed E-state index contributed by atoms with van der Waals surface area (Å²) in [7, 11) is 1.62. The summed E-state index contributed by atoms with van der Waals surface area (Å²) in [5.74, 6) is 1.03. The Morgan fingerprint density at radius 1 is 1.24 bits per heavy atom. The molecule has 1 aliphatic carbocycles. The van der Waals surface area contributed by atoms with Gasteiger partial charge in [-0.25, -0.2) is 9.37 Å². The van der Waals surface area contributed by atoms with Crippen LogP contribution in [0.5, 0.6) is 5.88 Å². The Labute approximate surface area is 124 Å². The molecule has 1 fully saturated rings. The Morgan fingerprint density at radius 3 is 2.71 bits per heavy atom. The highest BCUT2D eigenvalue weighted by Crippen LogP contribution is 2.36. The molecule has 1 N–H and O–H groups in total. The fraction of sp³-hybridized carbons (Fsp3) is 0.353. The van der Waals surface area contributed by atoms with Gasteiger partial charge in [-0.1, -0.05) is 12.1 Å². The lowest BCUT2D eigenvalue weighted by Gasteiger charge is -2.36. The van der Waals surface area contributed by atoms with Crippen molar-refractivity contribution in [3.63, 3.8) is 0 Å². The molecule has 0 spiro atoms. The molecule has 0 radical (unpaired) electrons. The molecule has 110 valence electrons. The SMILES string of the molecule is COc1cc(CNC2CC(c3ccc(F)cc3)C2)ccn1. The molecule has 0 unspecified atom stereocenters. The van der Waals surface area contributed by atoms with E-state index in [9.17, 15) is 4.39 Å². The number of ether oxygens (including phenoxy) is 1. The van der Waals surface area contributed by atoms with E-state index < -0.39 is 0 Å². The van der Waals surface area contributed by atoms with Gasteiger partial charge >= 0.3 is 0 Å². The Bertz CT molecular complexity index is 594. The third-order valence-electron chi connectivity index (χ3n) is 4.08. The predicted octanol–water partition coefficient (Wildman–Crippen LogP) is 3.27. The van der Waals surface area contributed by atoms with Crippen molar-refractivity contribution in [2.45, 2.75) is 31.3 Å². The molecule has 4 heteroatoms. The summed E-state index contributed by atoms with van der Waals surface area (Å²) in [5, 5.41) is 3.54. The van der Waals surface area contributed by atoms with Crippen LogP contribution in [0.25, 0.3) is 0 Å². The normalized spacial score (nSPS) is 20.9. The fourth-order valence-corrected chi connectivity index (χ4v) is 2.73. The maximum atomic E-state index is 12.9. The first kappa shape index (κ1) is 14.0. The van der Waals surface area contributed by atoms with Crippen molar-refractivity contribution in [3.8, 4) is 5.88 Å². The van der Waals surface area contributed by atoms with Crippen LogP contribution in [0.15, 0.2) is 42.6 Å². The van der Waals surface area contributed by atoms with Gasteiger partial charge in [0.1, 0.15) is 5.82 Å². The third-order valence-corrected chi connectivity index (χ3v) is 4.08. The van der Waals surface area contributed by atoms with Crippen LogP contribution in [0.2, 0.25) is 0 Å². The predicted molar refractivity (Wildman–Crippen MR) is 79.8 cm³/mol. The summed E-state index contributed by atoms with van der Waals surface area (Å²) in [6.07, 6.45) is 3.97. The van der Waals surface area contributed by atoms with Crippen LogP contribution in [0.1, 0.15) is 29.9 Å². The minimum absolute atomic E-state index is 0.167. The van der Waals surface area contributed by atoms with Gasteiger partial charge in [0, 0.05) is 24.8 Å². The summed E-state index contributed by atoms with van der Waals surface area (Å²) in [6.45, 7) is 0.819. The number of hydrogen-bond donors (Lipinski definition) is 1. The van der Waals surface area contributed by atoms with Crippen LogP contribution in [0, 0.1) is 5.82 Å². The van der Waals surface area contributed by atoms with Crippen molar-refractivity contribution in [2.24, 2.45) is 0 Å². The molecule has 21 heavy (non-hydrogen) atoms. The molecule has 1 saturated carbocycles. The molecular formula is C17H19FN2O. The van der Waals surface area contributed by atoms with Crippen molar-refractivity contribution >= 4 is 0 Å². The summed E-state index contributed by atoms with van der Waals surface area (Å²) in [6, 6.07) is 11.3. The highest BCUT2D eigenvalue weighted by Gasteiger charge is 2.29. The van der Waals surface area contributed by atoms with Crippen LogP contribution in [0.3, 0.4) is 0 Å². The molecule has 1 heterocycles. The highest BCUT2D eigenvalue weighted by molar-refractivity contribution is 5.24. The Kier molecular flexibility index (Phi) is 4.15. The van der Waals surface area contributed by atoms with Crippen molar-refractivity contribution in [1.82, 2.24) is 10.3 Å². The molecular weight excluding hydrogens is 267 g/mol. The number of hydrogen-bond acceptors (Lipinski definition) is 3. The zero-order chi connectivity index (χ0) is 14.7. The van der Waals surface area contributed by atoms with Crippen molar-refractivity contribution in [2.75, 3.05) is 7.11 Å². The standard InChI is InChI=1S/C17H19FN2O/c1-21-17-8-12(6-7-19-17)11-20-16-9-14(10-16)13-2-4-15(18)5-3-13/h2-8,14,16,20H,9-11H2,1H3. The topological polar surface area (TPSA) is 34.1 Å². The zero-order valence-electron chi connectivity index (χ0n) is 12.1. The van der Waals surface area contributed by atoms with E-state index in [-0.39, 0.29) is 5.82 Å². The van der Waals surface area contributed by atoms with Crippen LogP contribution in [0.4, 0.5) is 4.39 Å². The average molecular weight is 286 g/mol. The van der Waals surface area contributed by atoms with Gasteiger partial charge in [-0.2, -0.15) is 0 Å². The summed E-state index contributed by atoms with van der Waals surface area (Å²) in [5.41, 5.74) is 2.41. The lowest BCUT2D eigenvalue weighted by molar-refractivity contribution is 0.289. The quantitative estimate of drug-likeness (QED) is 0.916. The van der Waals surface area contributed by atoms with E-state index in [0.29, 0.717) is 17.8 Å². The molecule has 0 bridgehead atoms. The Hall–Kier alpha value is -1.94. The lowest BCUT2D eigenvalue weighted by atomic mass is 9.76. The van der Waals surface area contributed by atoms with E-state index in [1.807, 2.05) is 24.3 Å². The second-order valence-corrected chi connectivity index (χ2v) is 5.50. The van der Waals surface area contributed by atoms with Crippen LogP contribution in [-0.2, 0) is 6.54 Å². The molecule has 3 rings (SSSR count). The lowest BCUT2D eigenvalue weighted by Crippen LogP contribution is -2.39. The first-order chi connectivity index (χ1) is 10.2. The van der Waals surface area contributed by atoms with E-state index in [0.717, 1.165) is 19.4 Å². The molecule has 0 saturated heterocycles. The molecule has 3 nitrogen and oxygen atoms in total. The van der Waals surface area contributed by atoms with E-state index in [1.165, 1.54) is 11.1 Å². The number of pyridine rings is 1. The van der Waals surface area contributed by atoms with Gasteiger partial charge in [0.25, 0.3) is 0 Å². The van der Waals surface area contributed by atoms with E-state index in [2.05, 4.69) is 10.3 Å². The maximum absolute atomic E-state index is 12.9. The summed E-state index contributed by atoms with van der Waals surface area (Å²) in [4.78, 5) is 4.10. The van der Waals surface area contributed by atoms with Crippen LogP contribution >= 0.6 is 0 Å². The van der Waals surface area contributed by atoms with Gasteiger partial charge in [0.05, 0.1) is 7.11 Å².